The van der Waals surface area contributed by atoms with Crippen LogP contribution in [0.2, 0.25) is 0 Å². The second-order valence-corrected chi connectivity index (χ2v) is 5.89. The molecule has 1 aliphatic rings. The van der Waals surface area contributed by atoms with Crippen molar-refractivity contribution in [3.8, 4) is 0 Å². The normalized spacial score (nSPS) is 16.2. The fraction of sp³-hybridized carbons (Fsp3) is 0.278. The van der Waals surface area contributed by atoms with Crippen LogP contribution in [0.1, 0.15) is 30.1 Å². The van der Waals surface area contributed by atoms with Crippen molar-refractivity contribution in [2.75, 3.05) is 0 Å². The molecule has 0 spiro atoms. The Kier molecular flexibility index (Phi) is 3.00. The van der Waals surface area contributed by atoms with Crippen molar-refractivity contribution in [3.05, 3.63) is 66.1 Å². The molecule has 0 aliphatic heterocycles. The van der Waals surface area contributed by atoms with E-state index in [1.165, 1.54) is 10.9 Å². The molecule has 4 rings (SSSR count). The van der Waals surface area contributed by atoms with Gasteiger partial charge in [0.2, 0.25) is 0 Å². The topological polar surface area (TPSA) is 38.0 Å². The average molecular weight is 278 g/mol. The highest BCUT2D eigenvalue weighted by Gasteiger charge is 2.31. The van der Waals surface area contributed by atoms with E-state index < -0.39 is 0 Å². The Morgan fingerprint density at radius 3 is 2.90 bits per heavy atom. The molecule has 3 heteroatoms. The molecule has 1 fully saturated rings. The summed E-state index contributed by atoms with van der Waals surface area (Å²) in [5.74, 6) is 0.472. The van der Waals surface area contributed by atoms with Gasteiger partial charge in [-0.1, -0.05) is 24.3 Å². The number of hydrogen-bond donors (Lipinski definition) is 1. The predicted octanol–water partition coefficient (Wildman–Crippen LogP) is 3.53. The molecule has 1 aromatic carbocycles. The summed E-state index contributed by atoms with van der Waals surface area (Å²) in [5, 5.41) is 11.4. The van der Waals surface area contributed by atoms with Gasteiger partial charge in [0.1, 0.15) is 0 Å². The van der Waals surface area contributed by atoms with Crippen LogP contribution in [0.4, 0.5) is 0 Å². The lowest BCUT2D eigenvalue weighted by atomic mass is 10.1. The van der Waals surface area contributed by atoms with E-state index >= 15 is 0 Å². The van der Waals surface area contributed by atoms with Gasteiger partial charge in [-0.15, -0.1) is 0 Å². The molecule has 1 saturated carbocycles. The monoisotopic (exact) mass is 278 g/mol. The van der Waals surface area contributed by atoms with E-state index in [0.29, 0.717) is 5.92 Å². The number of pyridine rings is 1. The smallest absolute Gasteiger partial charge is 0.0832 e. The first-order chi connectivity index (χ1) is 10.3. The molecular formula is C18H18N2O. The summed E-state index contributed by atoms with van der Waals surface area (Å²) < 4.78 is 2.13. The van der Waals surface area contributed by atoms with Crippen LogP contribution >= 0.6 is 0 Å². The Morgan fingerprint density at radius 1 is 1.19 bits per heavy atom. The molecule has 1 atom stereocenters. The Balaban J connectivity index is 1.62. The van der Waals surface area contributed by atoms with Gasteiger partial charge in [-0.05, 0) is 42.0 Å². The van der Waals surface area contributed by atoms with Gasteiger partial charge in [0.05, 0.1) is 11.6 Å². The van der Waals surface area contributed by atoms with Crippen LogP contribution in [0, 0.1) is 5.92 Å². The summed E-state index contributed by atoms with van der Waals surface area (Å²) in [5.41, 5.74) is 3.29. The summed E-state index contributed by atoms with van der Waals surface area (Å²) in [4.78, 5) is 4.49. The number of aliphatic hydroxyl groups is 1. The first-order valence-corrected chi connectivity index (χ1v) is 7.47. The van der Waals surface area contributed by atoms with Crippen molar-refractivity contribution in [1.29, 1.82) is 0 Å². The minimum absolute atomic E-state index is 0.295. The molecule has 3 nitrogen and oxygen atoms in total. The number of benzene rings is 1. The lowest BCUT2D eigenvalue weighted by Crippen LogP contribution is -2.00. The van der Waals surface area contributed by atoms with E-state index in [4.69, 9.17) is 0 Å². The Bertz CT molecular complexity index is 768. The lowest BCUT2D eigenvalue weighted by Gasteiger charge is -2.08. The number of nitrogens with zero attached hydrogens (tertiary/aromatic N) is 2. The molecule has 21 heavy (non-hydrogen) atoms. The summed E-state index contributed by atoms with van der Waals surface area (Å²) in [6.45, 7) is 0.783. The van der Waals surface area contributed by atoms with E-state index in [-0.39, 0.29) is 6.10 Å². The zero-order chi connectivity index (χ0) is 14.2. The third-order valence-electron chi connectivity index (χ3n) is 4.25. The number of aliphatic hydroxyl groups excluding tert-OH is 1. The van der Waals surface area contributed by atoms with Gasteiger partial charge in [0.25, 0.3) is 0 Å². The molecule has 3 aromatic rings. The van der Waals surface area contributed by atoms with E-state index in [2.05, 4.69) is 40.0 Å². The second-order valence-electron chi connectivity index (χ2n) is 5.89. The van der Waals surface area contributed by atoms with E-state index in [1.807, 2.05) is 24.5 Å². The van der Waals surface area contributed by atoms with Crippen LogP contribution in [0.25, 0.3) is 10.9 Å². The minimum atomic E-state index is -0.295. The van der Waals surface area contributed by atoms with E-state index in [1.54, 1.807) is 0 Å². The van der Waals surface area contributed by atoms with Crippen LogP contribution in [0.3, 0.4) is 0 Å². The van der Waals surface area contributed by atoms with Gasteiger partial charge in [0, 0.05) is 30.5 Å². The van der Waals surface area contributed by atoms with Crippen LogP contribution in [0.5, 0.6) is 0 Å². The van der Waals surface area contributed by atoms with Gasteiger partial charge in [0.15, 0.2) is 0 Å². The summed E-state index contributed by atoms with van der Waals surface area (Å²) in [6.07, 6.45) is 7.95. The fourth-order valence-electron chi connectivity index (χ4n) is 2.91. The third kappa shape index (κ3) is 2.45. The van der Waals surface area contributed by atoms with Gasteiger partial charge >= 0.3 is 0 Å². The predicted molar refractivity (Wildman–Crippen MR) is 83.0 cm³/mol. The molecule has 0 amide bonds. The van der Waals surface area contributed by atoms with Crippen LogP contribution in [-0.2, 0) is 6.54 Å². The van der Waals surface area contributed by atoms with Crippen LogP contribution in [-0.4, -0.2) is 14.7 Å². The first kappa shape index (κ1) is 12.6. The lowest BCUT2D eigenvalue weighted by molar-refractivity contribution is 0.154. The molecule has 0 saturated heterocycles. The fourth-order valence-corrected chi connectivity index (χ4v) is 2.91. The SMILES string of the molecule is OC(c1ccn(Cc2cccc3cccnc23)c1)C1CC1. The zero-order valence-electron chi connectivity index (χ0n) is 11.8. The molecule has 1 N–H and O–H groups in total. The van der Waals surface area contributed by atoms with Gasteiger partial charge in [-0.2, -0.15) is 0 Å². The third-order valence-corrected chi connectivity index (χ3v) is 4.25. The van der Waals surface area contributed by atoms with Gasteiger partial charge in [-0.25, -0.2) is 0 Å². The molecular weight excluding hydrogens is 260 g/mol. The number of para-hydroxylation sites is 1. The van der Waals surface area contributed by atoms with Crippen molar-refractivity contribution >= 4 is 10.9 Å². The Labute approximate surface area is 123 Å². The van der Waals surface area contributed by atoms with Crippen molar-refractivity contribution in [2.45, 2.75) is 25.5 Å². The highest BCUT2D eigenvalue weighted by Crippen LogP contribution is 2.40. The van der Waals surface area contributed by atoms with Crippen molar-refractivity contribution in [2.24, 2.45) is 5.92 Å². The Morgan fingerprint density at radius 2 is 2.05 bits per heavy atom. The molecule has 2 aromatic heterocycles. The van der Waals surface area contributed by atoms with Crippen LogP contribution in [0.15, 0.2) is 55.0 Å². The van der Waals surface area contributed by atoms with E-state index in [9.17, 15) is 5.11 Å². The maximum atomic E-state index is 10.2. The zero-order valence-corrected chi connectivity index (χ0v) is 11.8. The largest absolute Gasteiger partial charge is 0.388 e. The standard InChI is InChI=1S/C18H18N2O/c21-18(14-6-7-14)16-8-10-20(12-16)11-15-4-1-3-13-5-2-9-19-17(13)15/h1-5,8-10,12,14,18,21H,6-7,11H2. The average Bonchev–Trinajstić information content (AvgIpc) is 3.27. The maximum Gasteiger partial charge on any atom is 0.0832 e. The molecule has 0 bridgehead atoms. The van der Waals surface area contributed by atoms with Crippen LogP contribution < -0.4 is 0 Å². The highest BCUT2D eigenvalue weighted by atomic mass is 16.3. The molecule has 1 unspecified atom stereocenters. The van der Waals surface area contributed by atoms with Crippen molar-refractivity contribution < 1.29 is 5.11 Å². The summed E-state index contributed by atoms with van der Waals surface area (Å²) >= 11 is 0. The van der Waals surface area contributed by atoms with Gasteiger partial charge in [-0.3, -0.25) is 4.98 Å². The van der Waals surface area contributed by atoms with E-state index in [0.717, 1.165) is 30.5 Å². The van der Waals surface area contributed by atoms with Crippen molar-refractivity contribution in [1.82, 2.24) is 9.55 Å². The van der Waals surface area contributed by atoms with Crippen molar-refractivity contribution in [3.63, 3.8) is 0 Å². The van der Waals surface area contributed by atoms with Gasteiger partial charge < -0.3 is 9.67 Å². The molecule has 0 radical (unpaired) electrons. The number of rotatable bonds is 4. The first-order valence-electron chi connectivity index (χ1n) is 7.47. The number of aromatic nitrogens is 2. The summed E-state index contributed by atoms with van der Waals surface area (Å²) in [6, 6.07) is 12.4. The quantitative estimate of drug-likeness (QED) is 0.793. The minimum Gasteiger partial charge on any atom is -0.388 e. The highest BCUT2D eigenvalue weighted by molar-refractivity contribution is 5.81. The molecule has 2 heterocycles. The Hall–Kier alpha value is -2.13. The molecule has 106 valence electrons. The maximum absolute atomic E-state index is 10.2. The second kappa shape index (κ2) is 5.01. The number of fused-ring (bicyclic) bond motifs is 1. The molecule has 1 aliphatic carbocycles. The summed E-state index contributed by atoms with van der Waals surface area (Å²) in [7, 11) is 0. The number of hydrogen-bond acceptors (Lipinski definition) is 2.